The Morgan fingerprint density at radius 1 is 1.06 bits per heavy atom. The highest BCUT2D eigenvalue weighted by molar-refractivity contribution is 5.79. The Balaban J connectivity index is 1.34. The monoisotopic (exact) mass is 437 g/mol. The first-order chi connectivity index (χ1) is 15.1. The first kappa shape index (κ1) is 23.9. The van der Waals surface area contributed by atoms with E-state index < -0.39 is 11.6 Å². The molecule has 0 aromatic heterocycles. The second-order valence-corrected chi connectivity index (χ2v) is 8.67. The van der Waals surface area contributed by atoms with E-state index in [-0.39, 0.29) is 0 Å². The Morgan fingerprint density at radius 2 is 1.77 bits per heavy atom. The summed E-state index contributed by atoms with van der Waals surface area (Å²) in [5.74, 6) is -0.0112. The van der Waals surface area contributed by atoms with Gasteiger partial charge < -0.3 is 20.3 Å². The normalized spacial score (nSPS) is 20.2. The van der Waals surface area contributed by atoms with E-state index in [0.717, 1.165) is 70.2 Å². The van der Waals surface area contributed by atoms with Crippen LogP contribution in [-0.2, 0) is 11.3 Å². The SMILES string of the molecule is CN=C(NCC1CCN(CCOC)CC1)NC1CCN(Cc2ccc(F)c(F)c2)CC1. The van der Waals surface area contributed by atoms with Crippen molar-refractivity contribution in [1.82, 2.24) is 20.4 Å². The van der Waals surface area contributed by atoms with Crippen LogP contribution in [0.15, 0.2) is 23.2 Å². The molecule has 2 aliphatic rings. The lowest BCUT2D eigenvalue weighted by atomic mass is 9.97. The summed E-state index contributed by atoms with van der Waals surface area (Å²) in [6.45, 7) is 7.55. The molecule has 2 fully saturated rings. The molecule has 0 saturated carbocycles. The minimum absolute atomic E-state index is 0.378. The minimum Gasteiger partial charge on any atom is -0.383 e. The molecular weight excluding hydrogens is 400 g/mol. The van der Waals surface area contributed by atoms with Crippen LogP contribution in [-0.4, -0.2) is 81.8 Å². The first-order valence-corrected chi connectivity index (χ1v) is 11.4. The van der Waals surface area contributed by atoms with Crippen LogP contribution in [0.3, 0.4) is 0 Å². The number of aliphatic imine (C=N–C) groups is 1. The zero-order valence-electron chi connectivity index (χ0n) is 18.9. The number of benzene rings is 1. The van der Waals surface area contributed by atoms with Crippen LogP contribution < -0.4 is 10.6 Å². The maximum atomic E-state index is 13.4. The molecule has 0 atom stereocenters. The summed E-state index contributed by atoms with van der Waals surface area (Å²) >= 11 is 0. The van der Waals surface area contributed by atoms with E-state index in [9.17, 15) is 8.78 Å². The molecule has 0 amide bonds. The number of likely N-dealkylation sites (tertiary alicyclic amines) is 2. The number of ether oxygens (including phenoxy) is 1. The Hall–Kier alpha value is -1.77. The molecule has 0 aliphatic carbocycles. The summed E-state index contributed by atoms with van der Waals surface area (Å²) in [7, 11) is 3.58. The van der Waals surface area contributed by atoms with Crippen LogP contribution in [0.5, 0.6) is 0 Å². The predicted octanol–water partition coefficient (Wildman–Crippen LogP) is 2.45. The molecule has 0 spiro atoms. The molecule has 3 rings (SSSR count). The molecule has 2 aliphatic heterocycles. The second-order valence-electron chi connectivity index (χ2n) is 8.67. The number of methoxy groups -OCH3 is 1. The van der Waals surface area contributed by atoms with Gasteiger partial charge in [0.25, 0.3) is 0 Å². The summed E-state index contributed by atoms with van der Waals surface area (Å²) in [4.78, 5) is 9.17. The molecule has 0 radical (unpaired) electrons. The third-order valence-electron chi connectivity index (χ3n) is 6.42. The molecule has 8 heteroatoms. The van der Waals surface area contributed by atoms with Crippen molar-refractivity contribution < 1.29 is 13.5 Å². The fourth-order valence-electron chi connectivity index (χ4n) is 4.40. The Bertz CT molecular complexity index is 701. The highest BCUT2D eigenvalue weighted by Gasteiger charge is 2.22. The van der Waals surface area contributed by atoms with E-state index in [1.807, 2.05) is 7.05 Å². The molecule has 1 aromatic rings. The Morgan fingerprint density at radius 3 is 2.42 bits per heavy atom. The molecule has 0 unspecified atom stereocenters. The Labute approximate surface area is 185 Å². The third kappa shape index (κ3) is 7.70. The minimum atomic E-state index is -0.790. The zero-order valence-corrected chi connectivity index (χ0v) is 18.9. The fourth-order valence-corrected chi connectivity index (χ4v) is 4.40. The number of hydrogen-bond donors (Lipinski definition) is 2. The van der Waals surface area contributed by atoms with E-state index in [1.165, 1.54) is 25.0 Å². The van der Waals surface area contributed by atoms with Crippen LogP contribution in [0.4, 0.5) is 8.78 Å². The number of nitrogens with zero attached hydrogens (tertiary/aromatic N) is 3. The van der Waals surface area contributed by atoms with Gasteiger partial charge in [-0.05, 0) is 62.4 Å². The van der Waals surface area contributed by atoms with Gasteiger partial charge in [0.2, 0.25) is 0 Å². The van der Waals surface area contributed by atoms with Gasteiger partial charge >= 0.3 is 0 Å². The second kappa shape index (κ2) is 12.3. The molecule has 174 valence electrons. The number of nitrogens with one attached hydrogen (secondary N) is 2. The van der Waals surface area contributed by atoms with Gasteiger partial charge in [-0.25, -0.2) is 8.78 Å². The maximum Gasteiger partial charge on any atom is 0.191 e. The van der Waals surface area contributed by atoms with Crippen molar-refractivity contribution in [2.24, 2.45) is 10.9 Å². The average molecular weight is 438 g/mol. The molecule has 1 aromatic carbocycles. The fraction of sp³-hybridized carbons (Fsp3) is 0.696. The third-order valence-corrected chi connectivity index (χ3v) is 6.42. The standard InChI is InChI=1S/C23H37F2N5O/c1-26-23(27-16-18-5-9-29(10-6-18)13-14-31-2)28-20-7-11-30(12-8-20)17-19-3-4-21(24)22(25)15-19/h3-4,15,18,20H,5-14,16-17H2,1-2H3,(H2,26,27,28). The molecule has 2 heterocycles. The van der Waals surface area contributed by atoms with Gasteiger partial charge in [0.1, 0.15) is 0 Å². The smallest absolute Gasteiger partial charge is 0.191 e. The van der Waals surface area contributed by atoms with E-state index in [1.54, 1.807) is 13.2 Å². The molecule has 6 nitrogen and oxygen atoms in total. The van der Waals surface area contributed by atoms with Crippen LogP contribution in [0.1, 0.15) is 31.2 Å². The molecule has 2 N–H and O–H groups in total. The first-order valence-electron chi connectivity index (χ1n) is 11.4. The van der Waals surface area contributed by atoms with Gasteiger partial charge in [-0.3, -0.25) is 9.89 Å². The summed E-state index contributed by atoms with van der Waals surface area (Å²) in [6.07, 6.45) is 4.41. The highest BCUT2D eigenvalue weighted by atomic mass is 19.2. The molecular formula is C23H37F2N5O. The van der Waals surface area contributed by atoms with E-state index in [2.05, 4.69) is 25.4 Å². The lowest BCUT2D eigenvalue weighted by Crippen LogP contribution is -2.49. The maximum absolute atomic E-state index is 13.4. The van der Waals surface area contributed by atoms with Gasteiger partial charge in [0.15, 0.2) is 17.6 Å². The number of rotatable bonds is 8. The van der Waals surface area contributed by atoms with Crippen molar-refractivity contribution in [2.45, 2.75) is 38.3 Å². The van der Waals surface area contributed by atoms with E-state index in [4.69, 9.17) is 4.74 Å². The van der Waals surface area contributed by atoms with Gasteiger partial charge in [-0.15, -0.1) is 0 Å². The van der Waals surface area contributed by atoms with Crippen molar-refractivity contribution in [3.63, 3.8) is 0 Å². The van der Waals surface area contributed by atoms with E-state index in [0.29, 0.717) is 18.5 Å². The predicted molar refractivity (Wildman–Crippen MR) is 120 cm³/mol. The van der Waals surface area contributed by atoms with E-state index >= 15 is 0 Å². The largest absolute Gasteiger partial charge is 0.383 e. The van der Waals surface area contributed by atoms with Gasteiger partial charge in [-0.2, -0.15) is 0 Å². The molecule has 2 saturated heterocycles. The number of halogens is 2. The van der Waals surface area contributed by atoms with Gasteiger partial charge in [0.05, 0.1) is 6.61 Å². The molecule has 31 heavy (non-hydrogen) atoms. The lowest BCUT2D eigenvalue weighted by Gasteiger charge is -2.34. The average Bonchev–Trinajstić information content (AvgIpc) is 2.79. The summed E-state index contributed by atoms with van der Waals surface area (Å²) < 4.78 is 31.7. The van der Waals surface area contributed by atoms with Crippen LogP contribution in [0.2, 0.25) is 0 Å². The van der Waals surface area contributed by atoms with Crippen molar-refractivity contribution in [2.75, 3.05) is 60.0 Å². The Kier molecular flexibility index (Phi) is 9.49. The van der Waals surface area contributed by atoms with Crippen LogP contribution in [0, 0.1) is 17.6 Å². The number of guanidine groups is 1. The topological polar surface area (TPSA) is 52.1 Å². The van der Waals surface area contributed by atoms with Crippen molar-refractivity contribution in [3.8, 4) is 0 Å². The highest BCUT2D eigenvalue weighted by Crippen LogP contribution is 2.17. The van der Waals surface area contributed by atoms with Crippen molar-refractivity contribution >= 4 is 5.96 Å². The summed E-state index contributed by atoms with van der Waals surface area (Å²) in [5.41, 5.74) is 0.816. The van der Waals surface area contributed by atoms with Crippen LogP contribution >= 0.6 is 0 Å². The van der Waals surface area contributed by atoms with Crippen molar-refractivity contribution in [3.05, 3.63) is 35.4 Å². The molecule has 0 bridgehead atoms. The summed E-state index contributed by atoms with van der Waals surface area (Å²) in [6, 6.07) is 4.55. The lowest BCUT2D eigenvalue weighted by molar-refractivity contribution is 0.120. The van der Waals surface area contributed by atoms with Crippen LogP contribution in [0.25, 0.3) is 0 Å². The number of hydrogen-bond acceptors (Lipinski definition) is 4. The van der Waals surface area contributed by atoms with Gasteiger partial charge in [-0.1, -0.05) is 6.07 Å². The summed E-state index contributed by atoms with van der Waals surface area (Å²) in [5, 5.41) is 7.07. The van der Waals surface area contributed by atoms with Crippen molar-refractivity contribution in [1.29, 1.82) is 0 Å². The zero-order chi connectivity index (χ0) is 22.1. The number of piperidine rings is 2. The van der Waals surface area contributed by atoms with Gasteiger partial charge in [0, 0.05) is 52.9 Å². The quantitative estimate of drug-likeness (QED) is 0.483.